The number of hydrogen-bond donors (Lipinski definition) is 0. The van der Waals surface area contributed by atoms with E-state index >= 15 is 0 Å². The van der Waals surface area contributed by atoms with E-state index in [4.69, 9.17) is 11.6 Å². The Kier molecular flexibility index (Phi) is 4.11. The molecule has 0 N–H and O–H groups in total. The molecule has 0 aromatic heterocycles. The van der Waals surface area contributed by atoms with Crippen molar-refractivity contribution in [3.63, 3.8) is 0 Å². The maximum absolute atomic E-state index is 5.26. The van der Waals surface area contributed by atoms with Crippen LogP contribution in [0.4, 0.5) is 0 Å². The van der Waals surface area contributed by atoms with Crippen LogP contribution in [0.25, 0.3) is 0 Å². The van der Waals surface area contributed by atoms with Crippen LogP contribution in [0.15, 0.2) is 10.4 Å². The molecule has 0 bridgehead atoms. The summed E-state index contributed by atoms with van der Waals surface area (Å²) >= 11 is 4.56. The van der Waals surface area contributed by atoms with E-state index in [1.54, 1.807) is 5.54 Å². The number of rotatable bonds is 1. The summed E-state index contributed by atoms with van der Waals surface area (Å²) in [5, 5.41) is 0. The Bertz CT molecular complexity index is 49.5. The van der Waals surface area contributed by atoms with Crippen molar-refractivity contribution >= 4 is 25.9 Å². The molecular weight excluding hydrogens is 156 g/mol. The van der Waals surface area contributed by atoms with Gasteiger partial charge >= 0.3 is 47.9 Å². The van der Waals surface area contributed by atoms with Crippen molar-refractivity contribution in [2.75, 3.05) is 0 Å². The quantitative estimate of drug-likeness (QED) is 0.520. The average molecular weight is 164 g/mol. The fraction of sp³-hybridized carbons (Fsp3) is 0.500. The summed E-state index contributed by atoms with van der Waals surface area (Å²) in [6, 6.07) is 0. The van der Waals surface area contributed by atoms with Crippen molar-refractivity contribution in [3.8, 4) is 0 Å². The minimum atomic E-state index is -0.697. The van der Waals surface area contributed by atoms with Gasteiger partial charge in [-0.15, -0.1) is 0 Å². The number of halogens is 1. The maximum atomic E-state index is 5.26. The Morgan fingerprint density at radius 2 is 2.00 bits per heavy atom. The molecule has 0 saturated carbocycles. The second-order valence-corrected chi connectivity index (χ2v) is 6.84. The molecule has 0 spiro atoms. The molecule has 0 aliphatic heterocycles. The monoisotopic (exact) mass is 165 g/mol. The molecule has 0 aromatic rings. The molecular formula is C4H8ClGe. The van der Waals surface area contributed by atoms with Crippen LogP contribution in [0.3, 0.4) is 0 Å². The van der Waals surface area contributed by atoms with E-state index < -0.39 is 14.3 Å². The van der Waals surface area contributed by atoms with Crippen molar-refractivity contribution in [2.24, 2.45) is 0 Å². The Morgan fingerprint density at radius 3 is 2.00 bits per heavy atom. The molecule has 0 fully saturated rings. The fourth-order valence-electron chi connectivity index (χ4n) is 0.126. The van der Waals surface area contributed by atoms with Crippen LogP contribution in [0.1, 0.15) is 0 Å². The summed E-state index contributed by atoms with van der Waals surface area (Å²) in [5.74, 6) is 4.50. The zero-order valence-electron chi connectivity index (χ0n) is 4.03. The fourth-order valence-corrected chi connectivity index (χ4v) is 1.96. The molecule has 0 aliphatic carbocycles. The molecule has 2 heteroatoms. The van der Waals surface area contributed by atoms with Crippen molar-refractivity contribution in [1.29, 1.82) is 0 Å². The second-order valence-electron chi connectivity index (χ2n) is 1.37. The second kappa shape index (κ2) is 3.75. The molecule has 0 unspecified atom stereocenters. The third-order valence-corrected chi connectivity index (χ3v) is 2.71. The third kappa shape index (κ3) is 4.57. The Balaban J connectivity index is 3.03. The minimum absolute atomic E-state index is 0.697. The summed E-state index contributed by atoms with van der Waals surface area (Å²) in [4.78, 5) is 2.10. The predicted octanol–water partition coefficient (Wildman–Crippen LogP) is 2.03. The predicted molar refractivity (Wildman–Crippen MR) is 32.5 cm³/mol. The van der Waals surface area contributed by atoms with E-state index in [9.17, 15) is 0 Å². The average Bonchev–Trinajstić information content (AvgIpc) is 1.35. The van der Waals surface area contributed by atoms with Gasteiger partial charge in [0, 0.05) is 0 Å². The first-order chi connectivity index (χ1) is 2.77. The van der Waals surface area contributed by atoms with Gasteiger partial charge in [-0.05, 0) is 0 Å². The summed E-state index contributed by atoms with van der Waals surface area (Å²) in [6.07, 6.45) is 0. The first-order valence-electron chi connectivity index (χ1n) is 1.84. The third-order valence-electron chi connectivity index (χ3n) is 0.396. The molecule has 35 valence electrons. The van der Waals surface area contributed by atoms with Crippen LogP contribution in [-0.2, 0) is 0 Å². The number of hydrogen-bond acceptors (Lipinski definition) is 0. The molecule has 0 atom stereocenters. The molecule has 0 saturated heterocycles. The van der Waals surface area contributed by atoms with Crippen LogP contribution >= 0.6 is 11.6 Å². The van der Waals surface area contributed by atoms with Crippen LogP contribution in [-0.4, -0.2) is 14.3 Å². The molecule has 6 heavy (non-hydrogen) atoms. The van der Waals surface area contributed by atoms with Crippen LogP contribution in [0.5, 0.6) is 0 Å². The molecule has 0 heterocycles. The van der Waals surface area contributed by atoms with Gasteiger partial charge in [0.15, 0.2) is 0 Å². The van der Waals surface area contributed by atoms with E-state index in [2.05, 4.69) is 16.4 Å². The van der Waals surface area contributed by atoms with Gasteiger partial charge in [-0.2, -0.15) is 0 Å². The molecule has 0 nitrogen and oxygen atoms in total. The van der Waals surface area contributed by atoms with Gasteiger partial charge in [-0.3, -0.25) is 0 Å². The SMILES string of the molecule is [CH3][Ge]([CH3])[CH]=CCl. The standard InChI is InChI=1S/C4H8ClGe/c1-6(2)4-3-5/h3-4H,1-2H3. The Labute approximate surface area is 48.3 Å². The molecule has 0 amide bonds. The van der Waals surface area contributed by atoms with Gasteiger partial charge in [-0.25, -0.2) is 0 Å². The zero-order chi connectivity index (χ0) is 4.99. The van der Waals surface area contributed by atoms with Crippen molar-refractivity contribution in [3.05, 3.63) is 10.4 Å². The Hall–Kier alpha value is 0.573. The van der Waals surface area contributed by atoms with Crippen LogP contribution in [0, 0.1) is 0 Å². The van der Waals surface area contributed by atoms with E-state index in [0.29, 0.717) is 0 Å². The van der Waals surface area contributed by atoms with Gasteiger partial charge in [0.1, 0.15) is 0 Å². The Morgan fingerprint density at radius 1 is 1.50 bits per heavy atom. The summed E-state index contributed by atoms with van der Waals surface area (Å²) in [6.45, 7) is 0. The topological polar surface area (TPSA) is 0 Å². The summed E-state index contributed by atoms with van der Waals surface area (Å²) in [5.41, 5.74) is 1.62. The van der Waals surface area contributed by atoms with Gasteiger partial charge in [0.05, 0.1) is 0 Å². The first kappa shape index (κ1) is 6.57. The normalized spacial score (nSPS) is 11.3. The van der Waals surface area contributed by atoms with E-state index in [1.165, 1.54) is 0 Å². The van der Waals surface area contributed by atoms with Crippen LogP contribution < -0.4 is 0 Å². The molecule has 1 radical (unpaired) electrons. The molecule has 0 aliphatic rings. The van der Waals surface area contributed by atoms with Crippen molar-refractivity contribution in [1.82, 2.24) is 0 Å². The van der Waals surface area contributed by atoms with Crippen molar-refractivity contribution < 1.29 is 0 Å². The summed E-state index contributed by atoms with van der Waals surface area (Å²) in [7, 11) is 0. The van der Waals surface area contributed by atoms with E-state index in [0.717, 1.165) is 0 Å². The molecule has 0 aromatic carbocycles. The van der Waals surface area contributed by atoms with Gasteiger partial charge in [0.25, 0.3) is 0 Å². The van der Waals surface area contributed by atoms with E-state index in [1.807, 2.05) is 0 Å². The van der Waals surface area contributed by atoms with Gasteiger partial charge in [0.2, 0.25) is 0 Å². The first-order valence-corrected chi connectivity index (χ1v) is 7.68. The van der Waals surface area contributed by atoms with Gasteiger partial charge < -0.3 is 0 Å². The van der Waals surface area contributed by atoms with E-state index in [-0.39, 0.29) is 0 Å². The van der Waals surface area contributed by atoms with Gasteiger partial charge in [-0.1, -0.05) is 0 Å². The summed E-state index contributed by atoms with van der Waals surface area (Å²) < 4.78 is 0. The van der Waals surface area contributed by atoms with Crippen LogP contribution in [0.2, 0.25) is 11.5 Å². The molecule has 0 rings (SSSR count). The van der Waals surface area contributed by atoms with Crippen molar-refractivity contribution in [2.45, 2.75) is 11.5 Å². The zero-order valence-corrected chi connectivity index (χ0v) is 6.89.